The molecule has 0 fully saturated rings. The molecule has 1 aliphatic rings. The molecule has 0 aromatic heterocycles. The molecule has 7 heteroatoms. The first-order chi connectivity index (χ1) is 13.7. The molecule has 2 aromatic carbocycles. The van der Waals surface area contributed by atoms with Crippen LogP contribution in [0, 0.1) is 0 Å². The molecule has 156 valence electrons. The number of amides is 1. The molecule has 0 aliphatic carbocycles. The summed E-state index contributed by atoms with van der Waals surface area (Å²) in [5, 5.41) is 9.61. The largest absolute Gasteiger partial charge is 0.377 e. The average molecular weight is 508 g/mol. The summed E-state index contributed by atoms with van der Waals surface area (Å²) in [5.74, 6) is 0.906. The summed E-state index contributed by atoms with van der Waals surface area (Å²) in [6, 6.07) is 16.3. The van der Waals surface area contributed by atoms with E-state index in [4.69, 9.17) is 4.74 Å². The highest BCUT2D eigenvalue weighted by Crippen LogP contribution is 2.31. The number of carbonyl (C=O) groups excluding carboxylic acids is 1. The average Bonchev–Trinajstić information content (AvgIpc) is 2.73. The molecule has 1 amide bonds. The van der Waals surface area contributed by atoms with Crippen molar-refractivity contribution in [2.45, 2.75) is 32.4 Å². The minimum atomic E-state index is 0. The molecule has 2 aromatic rings. The summed E-state index contributed by atoms with van der Waals surface area (Å²) < 4.78 is 5.42. The highest BCUT2D eigenvalue weighted by molar-refractivity contribution is 14.0. The quantitative estimate of drug-likeness (QED) is 0.304. The van der Waals surface area contributed by atoms with Gasteiger partial charge in [0.15, 0.2) is 5.96 Å². The second-order valence-corrected chi connectivity index (χ2v) is 6.80. The van der Waals surface area contributed by atoms with Crippen molar-refractivity contribution in [2.24, 2.45) is 4.99 Å². The molecule has 1 aliphatic heterocycles. The number of halogens is 1. The Labute approximate surface area is 189 Å². The molecular formula is C22H29IN4O2. The number of para-hydroxylation sites is 1. The molecule has 3 N–H and O–H groups in total. The van der Waals surface area contributed by atoms with Gasteiger partial charge in [-0.25, -0.2) is 0 Å². The summed E-state index contributed by atoms with van der Waals surface area (Å²) in [5.41, 5.74) is 4.41. The van der Waals surface area contributed by atoms with E-state index in [2.05, 4.69) is 51.3 Å². The van der Waals surface area contributed by atoms with E-state index in [0.717, 1.165) is 23.8 Å². The number of fused-ring (bicyclic) bond motifs is 1. The van der Waals surface area contributed by atoms with Gasteiger partial charge in [0, 0.05) is 44.8 Å². The number of nitrogens with zero attached hydrogens (tertiary/aromatic N) is 1. The van der Waals surface area contributed by atoms with E-state index < -0.39 is 0 Å². The number of carbonyl (C=O) groups is 1. The molecule has 0 bridgehead atoms. The number of ether oxygens (including phenoxy) is 1. The van der Waals surface area contributed by atoms with Crippen molar-refractivity contribution in [1.82, 2.24) is 10.6 Å². The summed E-state index contributed by atoms with van der Waals surface area (Å²) in [6.45, 7) is 4.69. The maximum atomic E-state index is 12.0. The van der Waals surface area contributed by atoms with E-state index in [1.54, 1.807) is 7.05 Å². The van der Waals surface area contributed by atoms with Crippen LogP contribution in [0.3, 0.4) is 0 Å². The lowest BCUT2D eigenvalue weighted by Crippen LogP contribution is -2.40. The Morgan fingerprint density at radius 1 is 1.14 bits per heavy atom. The number of aliphatic imine (C=N–C) groups is 1. The summed E-state index contributed by atoms with van der Waals surface area (Å²) in [6.07, 6.45) is 0.475. The second-order valence-electron chi connectivity index (χ2n) is 6.80. The van der Waals surface area contributed by atoms with Gasteiger partial charge in [0.25, 0.3) is 0 Å². The topological polar surface area (TPSA) is 74.8 Å². The van der Waals surface area contributed by atoms with Gasteiger partial charge in [0.2, 0.25) is 5.91 Å². The van der Waals surface area contributed by atoms with Gasteiger partial charge in [-0.1, -0.05) is 42.5 Å². The number of guanidine groups is 1. The predicted octanol–water partition coefficient (Wildman–Crippen LogP) is 3.63. The Bertz CT molecular complexity index is 824. The predicted molar refractivity (Wildman–Crippen MR) is 128 cm³/mol. The molecular weight excluding hydrogens is 479 g/mol. The van der Waals surface area contributed by atoms with Crippen molar-refractivity contribution in [3.63, 3.8) is 0 Å². The van der Waals surface area contributed by atoms with Crippen LogP contribution in [0.15, 0.2) is 53.5 Å². The molecule has 0 radical (unpaired) electrons. The van der Waals surface area contributed by atoms with Gasteiger partial charge in [-0.3, -0.25) is 9.79 Å². The lowest BCUT2D eigenvalue weighted by atomic mass is 9.90. The lowest BCUT2D eigenvalue weighted by molar-refractivity contribution is -0.116. The van der Waals surface area contributed by atoms with Crippen molar-refractivity contribution >= 4 is 41.5 Å². The Hall–Kier alpha value is -2.13. The van der Waals surface area contributed by atoms with Gasteiger partial charge in [-0.2, -0.15) is 0 Å². The van der Waals surface area contributed by atoms with Crippen LogP contribution in [-0.2, 0) is 22.7 Å². The minimum absolute atomic E-state index is 0. The Morgan fingerprint density at radius 2 is 1.86 bits per heavy atom. The zero-order valence-electron chi connectivity index (χ0n) is 16.9. The van der Waals surface area contributed by atoms with Gasteiger partial charge >= 0.3 is 0 Å². The highest BCUT2D eigenvalue weighted by Gasteiger charge is 2.24. The number of anilines is 1. The molecule has 29 heavy (non-hydrogen) atoms. The van der Waals surface area contributed by atoms with Gasteiger partial charge in [-0.15, -0.1) is 24.0 Å². The summed E-state index contributed by atoms with van der Waals surface area (Å²) in [4.78, 5) is 16.3. The molecule has 0 spiro atoms. The molecule has 0 saturated carbocycles. The van der Waals surface area contributed by atoms with Crippen LogP contribution in [-0.4, -0.2) is 32.1 Å². The Morgan fingerprint density at radius 3 is 2.59 bits per heavy atom. The SMILES string of the molecule is CCOCc1ccc(CNC(=NC)NCC2CC(=O)Nc3ccccc32)cc1.I. The Kier molecular flexibility index (Phi) is 9.40. The number of benzene rings is 2. The van der Waals surface area contributed by atoms with Crippen molar-refractivity contribution in [1.29, 1.82) is 0 Å². The van der Waals surface area contributed by atoms with Crippen LogP contribution in [0.5, 0.6) is 0 Å². The van der Waals surface area contributed by atoms with E-state index in [0.29, 0.717) is 26.1 Å². The van der Waals surface area contributed by atoms with Crippen LogP contribution < -0.4 is 16.0 Å². The summed E-state index contributed by atoms with van der Waals surface area (Å²) in [7, 11) is 1.75. The molecule has 1 atom stereocenters. The van der Waals surface area contributed by atoms with Crippen LogP contribution in [0.4, 0.5) is 5.69 Å². The molecule has 0 saturated heterocycles. The van der Waals surface area contributed by atoms with E-state index in [1.165, 1.54) is 11.1 Å². The van der Waals surface area contributed by atoms with Crippen molar-refractivity contribution in [3.8, 4) is 0 Å². The molecule has 1 heterocycles. The molecule has 3 rings (SSSR count). The van der Waals surface area contributed by atoms with Gasteiger partial charge in [0.05, 0.1) is 6.61 Å². The van der Waals surface area contributed by atoms with Gasteiger partial charge in [-0.05, 0) is 29.7 Å². The van der Waals surface area contributed by atoms with Crippen LogP contribution >= 0.6 is 24.0 Å². The maximum Gasteiger partial charge on any atom is 0.225 e. The fraction of sp³-hybridized carbons (Fsp3) is 0.364. The van der Waals surface area contributed by atoms with E-state index in [9.17, 15) is 4.79 Å². The third kappa shape index (κ3) is 6.71. The van der Waals surface area contributed by atoms with E-state index >= 15 is 0 Å². The molecule has 1 unspecified atom stereocenters. The maximum absolute atomic E-state index is 12.0. The first kappa shape index (κ1) is 23.2. The number of rotatable bonds is 7. The monoisotopic (exact) mass is 508 g/mol. The van der Waals surface area contributed by atoms with Crippen molar-refractivity contribution in [2.75, 3.05) is 25.5 Å². The minimum Gasteiger partial charge on any atom is -0.377 e. The zero-order valence-corrected chi connectivity index (χ0v) is 19.2. The Balaban J connectivity index is 0.00000300. The number of hydrogen-bond acceptors (Lipinski definition) is 3. The smallest absolute Gasteiger partial charge is 0.225 e. The van der Waals surface area contributed by atoms with Crippen molar-refractivity contribution in [3.05, 3.63) is 65.2 Å². The van der Waals surface area contributed by atoms with Crippen LogP contribution in [0.1, 0.15) is 36.0 Å². The first-order valence-corrected chi connectivity index (χ1v) is 9.68. The lowest BCUT2D eigenvalue weighted by Gasteiger charge is -2.26. The van der Waals surface area contributed by atoms with Gasteiger partial charge < -0.3 is 20.7 Å². The fourth-order valence-corrected chi connectivity index (χ4v) is 3.28. The van der Waals surface area contributed by atoms with Crippen LogP contribution in [0.2, 0.25) is 0 Å². The second kappa shape index (κ2) is 11.8. The number of nitrogens with one attached hydrogen (secondary N) is 3. The number of hydrogen-bond donors (Lipinski definition) is 3. The van der Waals surface area contributed by atoms with Crippen molar-refractivity contribution < 1.29 is 9.53 Å². The van der Waals surface area contributed by atoms with Crippen LogP contribution in [0.25, 0.3) is 0 Å². The molecule has 6 nitrogen and oxygen atoms in total. The normalized spacial score (nSPS) is 15.7. The zero-order chi connectivity index (χ0) is 19.8. The fourth-order valence-electron chi connectivity index (χ4n) is 3.28. The third-order valence-electron chi connectivity index (χ3n) is 4.80. The highest BCUT2D eigenvalue weighted by atomic mass is 127. The third-order valence-corrected chi connectivity index (χ3v) is 4.80. The van der Waals surface area contributed by atoms with Gasteiger partial charge in [0.1, 0.15) is 0 Å². The first-order valence-electron chi connectivity index (χ1n) is 9.68. The summed E-state index contributed by atoms with van der Waals surface area (Å²) >= 11 is 0. The van der Waals surface area contributed by atoms with E-state index in [-0.39, 0.29) is 35.8 Å². The van der Waals surface area contributed by atoms with E-state index in [1.807, 2.05) is 25.1 Å². The standard InChI is InChI=1S/C22H28N4O2.HI/c1-3-28-15-17-10-8-16(9-11-17)13-24-22(23-2)25-14-18-12-21(27)26-20-7-5-4-6-19(18)20;/h4-11,18H,3,12-15H2,1-2H3,(H,26,27)(H2,23,24,25);1H.